The number of fused-ring (bicyclic) bond motifs is 1. The number of hydrogen-bond acceptors (Lipinski definition) is 6. The van der Waals surface area contributed by atoms with Crippen molar-refractivity contribution in [3.63, 3.8) is 0 Å². The van der Waals surface area contributed by atoms with Crippen LogP contribution in [0.4, 0.5) is 0 Å². The summed E-state index contributed by atoms with van der Waals surface area (Å²) in [6.45, 7) is 3.29. The van der Waals surface area contributed by atoms with Gasteiger partial charge in [0.1, 0.15) is 0 Å². The number of nitrogens with two attached hydrogens (primary N) is 1. The molecule has 3 rings (SSSR count). The van der Waals surface area contributed by atoms with Crippen LogP contribution in [0.1, 0.15) is 16.1 Å². The van der Waals surface area contributed by atoms with Crippen LogP contribution in [-0.2, 0) is 0 Å². The highest BCUT2D eigenvalue weighted by Crippen LogP contribution is 2.27. The Labute approximate surface area is 169 Å². The maximum absolute atomic E-state index is 11.3. The Bertz CT molecular complexity index is 957. The molecule has 0 saturated carbocycles. The smallest absolute Gasteiger partial charge is 0.335 e. The number of rotatable bonds is 10. The van der Waals surface area contributed by atoms with Gasteiger partial charge in [-0.3, -0.25) is 0 Å². The van der Waals surface area contributed by atoms with Gasteiger partial charge in [-0.1, -0.05) is 17.9 Å². The molecule has 0 aliphatic carbocycles. The van der Waals surface area contributed by atoms with Crippen molar-refractivity contribution in [2.75, 3.05) is 39.3 Å². The van der Waals surface area contributed by atoms with Gasteiger partial charge in [0.25, 0.3) is 0 Å². The topological polar surface area (TPSA) is 117 Å². The third-order valence-electron chi connectivity index (χ3n) is 4.58. The fourth-order valence-electron chi connectivity index (χ4n) is 3.12. The van der Waals surface area contributed by atoms with Crippen molar-refractivity contribution in [2.45, 2.75) is 0 Å². The summed E-state index contributed by atoms with van der Waals surface area (Å²) in [7, 11) is 0. The van der Waals surface area contributed by atoms with Crippen LogP contribution in [0.5, 0.6) is 0 Å². The van der Waals surface area contributed by atoms with Gasteiger partial charge in [0.05, 0.1) is 29.8 Å². The first-order chi connectivity index (χ1) is 14.1. The molecule has 0 radical (unpaired) electrons. The molecule has 5 N–H and O–H groups in total. The van der Waals surface area contributed by atoms with Crippen LogP contribution >= 0.6 is 0 Å². The van der Waals surface area contributed by atoms with Gasteiger partial charge in [-0.05, 0) is 23.8 Å². The number of allylic oxidation sites excluding steroid dienone is 1. The van der Waals surface area contributed by atoms with E-state index in [9.17, 15) is 15.0 Å². The minimum atomic E-state index is -0.967. The van der Waals surface area contributed by atoms with Crippen molar-refractivity contribution in [2.24, 2.45) is 5.73 Å². The first-order valence-corrected chi connectivity index (χ1v) is 9.46. The Hall–Kier alpha value is -3.16. The van der Waals surface area contributed by atoms with E-state index in [2.05, 4.69) is 16.1 Å². The van der Waals surface area contributed by atoms with E-state index in [0.717, 1.165) is 35.6 Å². The molecule has 152 valence electrons. The standard InChI is InChI=1S/C21H25N5O3/c22-7-8-23-9-11-25(12-13-27)18-4-5-20-19(15-24-26(20)10-6-18)16-2-1-3-17(14-16)21(28)29/h1-3,5-6,10,14-15,23,27H,7-9,11-13,22H2,(H,28,29). The van der Waals surface area contributed by atoms with Crippen molar-refractivity contribution < 1.29 is 15.0 Å². The van der Waals surface area contributed by atoms with Crippen molar-refractivity contribution in [1.82, 2.24) is 20.0 Å². The molecule has 8 nitrogen and oxygen atoms in total. The first-order valence-electron chi connectivity index (χ1n) is 9.46. The number of carbonyl (C=O) groups is 1. The summed E-state index contributed by atoms with van der Waals surface area (Å²) in [5.41, 5.74) is 12.3. The quantitative estimate of drug-likeness (QED) is 0.351. The Kier molecular flexibility index (Phi) is 6.99. The highest BCUT2D eigenvalue weighted by atomic mass is 16.4. The lowest BCUT2D eigenvalue weighted by molar-refractivity contribution is 0.0697. The number of nitrogens with one attached hydrogen (secondary N) is 1. The monoisotopic (exact) mass is 395 g/mol. The Balaban J connectivity index is 1.88. The van der Waals surface area contributed by atoms with Crippen LogP contribution in [0.25, 0.3) is 23.4 Å². The second kappa shape index (κ2) is 9.86. The average molecular weight is 395 g/mol. The number of aromatic nitrogens is 2. The number of benzene rings is 1. The molecule has 0 spiro atoms. The second-order valence-corrected chi connectivity index (χ2v) is 6.51. The number of aliphatic hydroxyl groups is 1. The average Bonchev–Trinajstić information content (AvgIpc) is 3.02. The van der Waals surface area contributed by atoms with Crippen LogP contribution in [0.2, 0.25) is 0 Å². The molecule has 1 aromatic carbocycles. The van der Waals surface area contributed by atoms with E-state index in [0.29, 0.717) is 19.6 Å². The van der Waals surface area contributed by atoms with E-state index in [1.807, 2.05) is 29.3 Å². The Morgan fingerprint density at radius 2 is 2.17 bits per heavy atom. The highest BCUT2D eigenvalue weighted by Gasteiger charge is 2.14. The second-order valence-electron chi connectivity index (χ2n) is 6.51. The van der Waals surface area contributed by atoms with E-state index in [4.69, 9.17) is 5.73 Å². The molecule has 0 saturated heterocycles. The summed E-state index contributed by atoms with van der Waals surface area (Å²) in [4.78, 5) is 13.3. The summed E-state index contributed by atoms with van der Waals surface area (Å²) >= 11 is 0. The third-order valence-corrected chi connectivity index (χ3v) is 4.58. The minimum Gasteiger partial charge on any atom is -0.478 e. The van der Waals surface area contributed by atoms with Gasteiger partial charge in [-0.15, -0.1) is 0 Å². The van der Waals surface area contributed by atoms with E-state index in [-0.39, 0.29) is 12.2 Å². The van der Waals surface area contributed by atoms with E-state index in [1.54, 1.807) is 29.1 Å². The predicted octanol–water partition coefficient (Wildman–Crippen LogP) is 1.07. The largest absolute Gasteiger partial charge is 0.478 e. The lowest BCUT2D eigenvalue weighted by Gasteiger charge is -2.23. The van der Waals surface area contributed by atoms with Gasteiger partial charge in [0.15, 0.2) is 0 Å². The number of hydrogen-bond donors (Lipinski definition) is 4. The molecule has 0 amide bonds. The van der Waals surface area contributed by atoms with Crippen LogP contribution in [0, 0.1) is 0 Å². The highest BCUT2D eigenvalue weighted by molar-refractivity contribution is 5.90. The molecule has 29 heavy (non-hydrogen) atoms. The zero-order valence-corrected chi connectivity index (χ0v) is 16.1. The molecule has 0 fully saturated rings. The van der Waals surface area contributed by atoms with Crippen LogP contribution in [0.3, 0.4) is 0 Å². The van der Waals surface area contributed by atoms with E-state index >= 15 is 0 Å². The number of carboxylic acid groups (broad SMARTS) is 1. The normalized spacial score (nSPS) is 12.4. The molecule has 0 bridgehead atoms. The molecule has 1 aliphatic heterocycles. The summed E-state index contributed by atoms with van der Waals surface area (Å²) < 4.78 is 1.73. The molecule has 8 heteroatoms. The van der Waals surface area contributed by atoms with Crippen molar-refractivity contribution in [1.29, 1.82) is 0 Å². The molecule has 0 unspecified atom stereocenters. The van der Waals surface area contributed by atoms with Crippen LogP contribution < -0.4 is 11.1 Å². The fourth-order valence-corrected chi connectivity index (χ4v) is 3.12. The Morgan fingerprint density at radius 3 is 2.93 bits per heavy atom. The van der Waals surface area contributed by atoms with E-state index in [1.165, 1.54) is 0 Å². The zero-order valence-electron chi connectivity index (χ0n) is 16.1. The van der Waals surface area contributed by atoms with Gasteiger partial charge in [0.2, 0.25) is 0 Å². The van der Waals surface area contributed by atoms with Crippen LogP contribution in [-0.4, -0.2) is 70.2 Å². The van der Waals surface area contributed by atoms with Crippen LogP contribution in [0.15, 0.2) is 48.0 Å². The number of carboxylic acids is 1. The maximum atomic E-state index is 11.3. The lowest BCUT2D eigenvalue weighted by Crippen LogP contribution is -2.34. The number of aliphatic hydroxyl groups excluding tert-OH is 1. The van der Waals surface area contributed by atoms with Crippen molar-refractivity contribution >= 4 is 18.2 Å². The van der Waals surface area contributed by atoms with Gasteiger partial charge in [-0.2, -0.15) is 5.10 Å². The Morgan fingerprint density at radius 1 is 1.31 bits per heavy atom. The van der Waals surface area contributed by atoms with Gasteiger partial charge >= 0.3 is 5.97 Å². The van der Waals surface area contributed by atoms with E-state index < -0.39 is 5.97 Å². The molecule has 0 atom stereocenters. The first kappa shape index (κ1) is 20.6. The molecule has 1 aliphatic rings. The van der Waals surface area contributed by atoms with Gasteiger partial charge in [0, 0.05) is 50.6 Å². The summed E-state index contributed by atoms with van der Waals surface area (Å²) in [5.74, 6) is -0.967. The third kappa shape index (κ3) is 5.01. The molecule has 2 heterocycles. The number of nitrogens with zero attached hydrogens (tertiary/aromatic N) is 3. The maximum Gasteiger partial charge on any atom is 0.335 e. The predicted molar refractivity (Wildman–Crippen MR) is 112 cm³/mol. The molecule has 2 aromatic rings. The van der Waals surface area contributed by atoms with Crippen molar-refractivity contribution in [3.05, 3.63) is 59.2 Å². The SMILES string of the molecule is NCCNCCN(CCO)C1=C=Cc2c(-c3cccc(C(=O)O)c3)cnn2C=C1. The number of aromatic carboxylic acids is 1. The van der Waals surface area contributed by atoms with Gasteiger partial charge < -0.3 is 26.2 Å². The summed E-state index contributed by atoms with van der Waals surface area (Å²) in [6.07, 6.45) is 7.29. The van der Waals surface area contributed by atoms with Gasteiger partial charge in [-0.25, -0.2) is 9.48 Å². The molecular weight excluding hydrogens is 370 g/mol. The molecular formula is C21H25N5O3. The minimum absolute atomic E-state index is 0.0354. The lowest BCUT2D eigenvalue weighted by atomic mass is 10.0. The fraction of sp³-hybridized carbons (Fsp3) is 0.286. The summed E-state index contributed by atoms with van der Waals surface area (Å²) in [5, 5.41) is 26.3. The van der Waals surface area contributed by atoms with Crippen molar-refractivity contribution in [3.8, 4) is 11.1 Å². The summed E-state index contributed by atoms with van der Waals surface area (Å²) in [6, 6.07) is 6.78. The zero-order chi connectivity index (χ0) is 20.6. The molecule has 1 aromatic heterocycles.